The van der Waals surface area contributed by atoms with Gasteiger partial charge in [0.1, 0.15) is 11.9 Å². The molecule has 0 heterocycles. The third-order valence-corrected chi connectivity index (χ3v) is 3.22. The average molecular weight is 318 g/mol. The standard InChI is InChI=1S/C16H15FN2O4/c1-10(18)15(11-2-6-13(17)7-3-11)23-16(20)12-4-8-14(9-5-12)19(21)22/h2-10,15H,18H2,1H3/t10-,15?/m0/s1. The molecule has 0 amide bonds. The number of rotatable bonds is 5. The molecule has 1 unspecified atom stereocenters. The Kier molecular flexibility index (Phi) is 5.02. The number of carbonyl (C=O) groups is 1. The van der Waals surface area contributed by atoms with E-state index in [1.165, 1.54) is 48.5 Å². The number of benzene rings is 2. The zero-order chi connectivity index (χ0) is 17.0. The Bertz CT molecular complexity index is 699. The van der Waals surface area contributed by atoms with E-state index in [1.54, 1.807) is 6.92 Å². The van der Waals surface area contributed by atoms with Crippen LogP contribution in [-0.4, -0.2) is 16.9 Å². The van der Waals surface area contributed by atoms with Crippen LogP contribution in [0.1, 0.15) is 28.9 Å². The fourth-order valence-corrected chi connectivity index (χ4v) is 2.03. The van der Waals surface area contributed by atoms with Gasteiger partial charge in [-0.15, -0.1) is 0 Å². The van der Waals surface area contributed by atoms with Crippen LogP contribution in [-0.2, 0) is 4.74 Å². The third kappa shape index (κ3) is 4.10. The molecule has 0 aliphatic carbocycles. The number of carbonyl (C=O) groups excluding carboxylic acids is 1. The quantitative estimate of drug-likeness (QED) is 0.519. The fourth-order valence-electron chi connectivity index (χ4n) is 2.03. The molecule has 2 aromatic rings. The van der Waals surface area contributed by atoms with E-state index in [1.807, 2.05) is 0 Å². The number of halogens is 1. The first-order chi connectivity index (χ1) is 10.9. The lowest BCUT2D eigenvalue weighted by atomic mass is 10.0. The molecule has 120 valence electrons. The number of nitro groups is 1. The van der Waals surface area contributed by atoms with Gasteiger partial charge in [0.05, 0.1) is 10.5 Å². The van der Waals surface area contributed by atoms with Gasteiger partial charge in [0.2, 0.25) is 0 Å². The van der Waals surface area contributed by atoms with E-state index in [2.05, 4.69) is 0 Å². The molecule has 0 spiro atoms. The van der Waals surface area contributed by atoms with Gasteiger partial charge in [-0.3, -0.25) is 10.1 Å². The van der Waals surface area contributed by atoms with Crippen LogP contribution < -0.4 is 5.73 Å². The minimum atomic E-state index is -0.752. The molecule has 0 aliphatic heterocycles. The van der Waals surface area contributed by atoms with Gasteiger partial charge in [-0.25, -0.2) is 9.18 Å². The van der Waals surface area contributed by atoms with Gasteiger partial charge in [0, 0.05) is 18.2 Å². The lowest BCUT2D eigenvalue weighted by molar-refractivity contribution is -0.384. The Labute approximate surface area is 131 Å². The summed E-state index contributed by atoms with van der Waals surface area (Å²) >= 11 is 0. The predicted molar refractivity (Wildman–Crippen MR) is 81.3 cm³/mol. The van der Waals surface area contributed by atoms with Crippen molar-refractivity contribution >= 4 is 11.7 Å². The molecule has 0 saturated carbocycles. The first-order valence-electron chi connectivity index (χ1n) is 6.85. The molecular formula is C16H15FN2O4. The molecule has 2 rings (SSSR count). The van der Waals surface area contributed by atoms with Crippen molar-refractivity contribution in [1.82, 2.24) is 0 Å². The number of ether oxygens (including phenoxy) is 1. The van der Waals surface area contributed by atoms with Crippen LogP contribution in [0.25, 0.3) is 0 Å². The topological polar surface area (TPSA) is 95.5 Å². The van der Waals surface area contributed by atoms with Crippen molar-refractivity contribution in [2.45, 2.75) is 19.1 Å². The minimum Gasteiger partial charge on any atom is -0.452 e. The summed E-state index contributed by atoms with van der Waals surface area (Å²) < 4.78 is 18.4. The van der Waals surface area contributed by atoms with E-state index in [4.69, 9.17) is 10.5 Å². The lowest BCUT2D eigenvalue weighted by Crippen LogP contribution is -2.29. The van der Waals surface area contributed by atoms with Gasteiger partial charge in [0.25, 0.3) is 5.69 Å². The van der Waals surface area contributed by atoms with E-state index in [9.17, 15) is 19.3 Å². The van der Waals surface area contributed by atoms with Gasteiger partial charge in [-0.1, -0.05) is 12.1 Å². The van der Waals surface area contributed by atoms with Gasteiger partial charge in [-0.05, 0) is 36.8 Å². The highest BCUT2D eigenvalue weighted by Gasteiger charge is 2.22. The van der Waals surface area contributed by atoms with Gasteiger partial charge < -0.3 is 10.5 Å². The average Bonchev–Trinajstić information content (AvgIpc) is 2.53. The number of hydrogen-bond donors (Lipinski definition) is 1. The molecule has 23 heavy (non-hydrogen) atoms. The summed E-state index contributed by atoms with van der Waals surface area (Å²) in [6.07, 6.45) is -0.752. The molecule has 7 heteroatoms. The number of non-ortho nitro benzene ring substituents is 1. The van der Waals surface area contributed by atoms with Crippen LogP contribution in [0.2, 0.25) is 0 Å². The summed E-state index contributed by atoms with van der Waals surface area (Å²) in [6.45, 7) is 1.66. The molecular weight excluding hydrogens is 303 g/mol. The molecule has 0 bridgehead atoms. The highest BCUT2D eigenvalue weighted by Crippen LogP contribution is 2.23. The first-order valence-corrected chi connectivity index (χ1v) is 6.85. The van der Waals surface area contributed by atoms with E-state index in [0.29, 0.717) is 5.56 Å². The zero-order valence-electron chi connectivity index (χ0n) is 12.3. The molecule has 2 aromatic carbocycles. The monoisotopic (exact) mass is 318 g/mol. The fraction of sp³-hybridized carbons (Fsp3) is 0.188. The van der Waals surface area contributed by atoms with Crippen molar-refractivity contribution in [1.29, 1.82) is 0 Å². The number of nitrogens with zero attached hydrogens (tertiary/aromatic N) is 1. The number of nitro benzene ring substituents is 1. The highest BCUT2D eigenvalue weighted by atomic mass is 19.1. The van der Waals surface area contributed by atoms with E-state index in [0.717, 1.165) is 0 Å². The number of nitrogens with two attached hydrogens (primary N) is 1. The Balaban J connectivity index is 2.17. The van der Waals surface area contributed by atoms with Crippen molar-refractivity contribution in [2.24, 2.45) is 5.73 Å². The van der Waals surface area contributed by atoms with Gasteiger partial charge >= 0.3 is 5.97 Å². The maximum Gasteiger partial charge on any atom is 0.338 e. The van der Waals surface area contributed by atoms with Crippen LogP contribution >= 0.6 is 0 Å². The van der Waals surface area contributed by atoms with Gasteiger partial charge in [0.15, 0.2) is 0 Å². The van der Waals surface area contributed by atoms with Crippen LogP contribution in [0.4, 0.5) is 10.1 Å². The van der Waals surface area contributed by atoms with Crippen LogP contribution in [0, 0.1) is 15.9 Å². The second-order valence-corrected chi connectivity index (χ2v) is 5.04. The molecule has 2 N–H and O–H groups in total. The lowest BCUT2D eigenvalue weighted by Gasteiger charge is -2.21. The van der Waals surface area contributed by atoms with Crippen molar-refractivity contribution in [2.75, 3.05) is 0 Å². The summed E-state index contributed by atoms with van der Waals surface area (Å²) in [5.74, 6) is -1.06. The SMILES string of the molecule is C[C@H](N)C(OC(=O)c1ccc([N+](=O)[O-])cc1)c1ccc(F)cc1. The Morgan fingerprint density at radius 1 is 1.17 bits per heavy atom. The smallest absolute Gasteiger partial charge is 0.338 e. The van der Waals surface area contributed by atoms with Crippen molar-refractivity contribution in [3.8, 4) is 0 Å². The predicted octanol–water partition coefficient (Wildman–Crippen LogP) is 2.98. The van der Waals surface area contributed by atoms with E-state index < -0.39 is 28.9 Å². The Morgan fingerprint density at radius 2 is 1.74 bits per heavy atom. The summed E-state index contributed by atoms with van der Waals surface area (Å²) in [5, 5.41) is 10.6. The molecule has 0 aromatic heterocycles. The summed E-state index contributed by atoms with van der Waals surface area (Å²) in [6, 6.07) is 10.0. The van der Waals surface area contributed by atoms with Gasteiger partial charge in [-0.2, -0.15) is 0 Å². The normalized spacial score (nSPS) is 13.2. The van der Waals surface area contributed by atoms with Crippen LogP contribution in [0.3, 0.4) is 0 Å². The number of hydrogen-bond acceptors (Lipinski definition) is 5. The maximum atomic E-state index is 13.0. The minimum absolute atomic E-state index is 0.121. The molecule has 6 nitrogen and oxygen atoms in total. The van der Waals surface area contributed by atoms with E-state index in [-0.39, 0.29) is 11.3 Å². The second kappa shape index (κ2) is 6.97. The largest absolute Gasteiger partial charge is 0.452 e. The van der Waals surface area contributed by atoms with Crippen LogP contribution in [0.5, 0.6) is 0 Å². The molecule has 0 radical (unpaired) electrons. The second-order valence-electron chi connectivity index (χ2n) is 5.04. The molecule has 2 atom stereocenters. The number of esters is 1. The van der Waals surface area contributed by atoms with E-state index >= 15 is 0 Å². The highest BCUT2D eigenvalue weighted by molar-refractivity contribution is 5.89. The van der Waals surface area contributed by atoms with Crippen LogP contribution in [0.15, 0.2) is 48.5 Å². The van der Waals surface area contributed by atoms with Crippen molar-refractivity contribution in [3.63, 3.8) is 0 Å². The summed E-state index contributed by atoms with van der Waals surface area (Å²) in [5.41, 5.74) is 6.45. The first kappa shape index (κ1) is 16.6. The zero-order valence-corrected chi connectivity index (χ0v) is 12.3. The van der Waals surface area contributed by atoms with Crippen molar-refractivity contribution < 1.29 is 18.8 Å². The maximum absolute atomic E-state index is 13.0. The third-order valence-electron chi connectivity index (χ3n) is 3.22. The summed E-state index contributed by atoms with van der Waals surface area (Å²) in [4.78, 5) is 22.2. The Morgan fingerprint density at radius 3 is 2.22 bits per heavy atom. The molecule has 0 saturated heterocycles. The molecule has 0 aliphatic rings. The van der Waals surface area contributed by atoms with Crippen molar-refractivity contribution in [3.05, 3.63) is 75.6 Å². The summed E-state index contributed by atoms with van der Waals surface area (Å²) in [7, 11) is 0. The Hall–Kier alpha value is -2.80. The molecule has 0 fully saturated rings.